The van der Waals surface area contributed by atoms with Gasteiger partial charge in [-0.2, -0.15) is 0 Å². The number of aliphatic hydroxyl groups is 1. The second-order valence-corrected chi connectivity index (χ2v) is 5.14. The maximum Gasteiger partial charge on any atom is 0.317 e. The average molecular weight is 256 g/mol. The predicted molar refractivity (Wildman–Crippen MR) is 64.1 cm³/mol. The molecule has 0 aliphatic heterocycles. The summed E-state index contributed by atoms with van der Waals surface area (Å²) in [4.78, 5) is 24.5. The molecule has 0 bridgehead atoms. The smallest absolute Gasteiger partial charge is 0.317 e. The first-order valence-corrected chi connectivity index (χ1v) is 6.52. The van der Waals surface area contributed by atoms with Crippen molar-refractivity contribution in [1.29, 1.82) is 0 Å². The average Bonchev–Trinajstić information content (AvgIpc) is 3.05. The second-order valence-electron chi connectivity index (χ2n) is 5.14. The Morgan fingerprint density at radius 3 is 2.44 bits per heavy atom. The second kappa shape index (κ2) is 5.56. The number of carbonyl (C=O) groups is 2. The van der Waals surface area contributed by atoms with Gasteiger partial charge < -0.3 is 20.4 Å². The van der Waals surface area contributed by atoms with E-state index in [0.717, 1.165) is 19.3 Å². The van der Waals surface area contributed by atoms with E-state index in [1.807, 2.05) is 0 Å². The number of urea groups is 1. The highest BCUT2D eigenvalue weighted by Crippen LogP contribution is 2.28. The maximum absolute atomic E-state index is 12.0. The first kappa shape index (κ1) is 13.1. The number of hydrogen-bond donors (Lipinski definition) is 3. The topological polar surface area (TPSA) is 89.9 Å². The molecule has 6 heteroatoms. The van der Waals surface area contributed by atoms with E-state index in [2.05, 4.69) is 5.32 Å². The van der Waals surface area contributed by atoms with Crippen molar-refractivity contribution in [2.45, 2.75) is 44.2 Å². The molecule has 2 saturated carbocycles. The molecule has 0 aromatic rings. The molecule has 2 unspecified atom stereocenters. The molecule has 2 aliphatic rings. The van der Waals surface area contributed by atoms with Gasteiger partial charge in [0.25, 0.3) is 0 Å². The summed E-state index contributed by atoms with van der Waals surface area (Å²) in [6.45, 7) is 0.317. The van der Waals surface area contributed by atoms with Gasteiger partial charge in [-0.05, 0) is 32.1 Å². The maximum atomic E-state index is 12.0. The number of aliphatic carboxylic acids is 1. The van der Waals surface area contributed by atoms with E-state index < -0.39 is 5.97 Å². The van der Waals surface area contributed by atoms with Gasteiger partial charge in [-0.3, -0.25) is 4.79 Å². The number of amides is 2. The van der Waals surface area contributed by atoms with Gasteiger partial charge >= 0.3 is 12.0 Å². The summed E-state index contributed by atoms with van der Waals surface area (Å²) < 4.78 is 0. The van der Waals surface area contributed by atoms with Crippen LogP contribution in [-0.2, 0) is 4.79 Å². The third kappa shape index (κ3) is 3.13. The van der Waals surface area contributed by atoms with Crippen molar-refractivity contribution in [1.82, 2.24) is 10.2 Å². The molecule has 2 aliphatic carbocycles. The number of rotatable bonds is 5. The van der Waals surface area contributed by atoms with Crippen LogP contribution in [0.5, 0.6) is 0 Å². The summed E-state index contributed by atoms with van der Waals surface area (Å²) >= 11 is 0. The van der Waals surface area contributed by atoms with Crippen LogP contribution in [0.25, 0.3) is 0 Å². The Hall–Kier alpha value is -1.30. The molecule has 0 heterocycles. The lowest BCUT2D eigenvalue weighted by atomic mass is 10.1. The van der Waals surface area contributed by atoms with Gasteiger partial charge in [-0.25, -0.2) is 4.79 Å². The van der Waals surface area contributed by atoms with Crippen LogP contribution < -0.4 is 5.32 Å². The Morgan fingerprint density at radius 2 is 1.94 bits per heavy atom. The van der Waals surface area contributed by atoms with Crippen molar-refractivity contribution >= 4 is 12.0 Å². The van der Waals surface area contributed by atoms with Crippen LogP contribution in [0.2, 0.25) is 0 Å². The summed E-state index contributed by atoms with van der Waals surface area (Å²) in [5.74, 6) is -1.11. The summed E-state index contributed by atoms with van der Waals surface area (Å²) in [5, 5.41) is 20.7. The molecule has 0 aromatic heterocycles. The fourth-order valence-electron chi connectivity index (χ4n) is 2.54. The van der Waals surface area contributed by atoms with Crippen molar-refractivity contribution in [2.24, 2.45) is 5.92 Å². The molecule has 2 atom stereocenters. The molecule has 6 nitrogen and oxygen atoms in total. The van der Waals surface area contributed by atoms with Crippen LogP contribution in [-0.4, -0.2) is 52.3 Å². The summed E-state index contributed by atoms with van der Waals surface area (Å²) in [5.41, 5.74) is 0. The Balaban J connectivity index is 1.81. The van der Waals surface area contributed by atoms with Crippen LogP contribution >= 0.6 is 0 Å². The number of carboxylic acid groups (broad SMARTS) is 1. The van der Waals surface area contributed by atoms with E-state index in [9.17, 15) is 9.59 Å². The van der Waals surface area contributed by atoms with Crippen molar-refractivity contribution < 1.29 is 19.8 Å². The fraction of sp³-hybridized carbons (Fsp3) is 0.833. The number of hydrogen-bond acceptors (Lipinski definition) is 3. The summed E-state index contributed by atoms with van der Waals surface area (Å²) in [6.07, 6.45) is 3.86. The van der Waals surface area contributed by atoms with Crippen LogP contribution in [0, 0.1) is 5.92 Å². The van der Waals surface area contributed by atoms with Crippen LogP contribution in [0.4, 0.5) is 4.79 Å². The number of carbonyl (C=O) groups excluding carboxylic acids is 1. The lowest BCUT2D eigenvalue weighted by Crippen LogP contribution is -2.46. The standard InChI is InChI=1S/C12H20N2O4/c15-6-5-14(10-3-4-10)12(18)13-9-2-1-8(7-9)11(16)17/h8-10,15H,1-7H2,(H,13,18)(H,16,17). The molecule has 2 amide bonds. The minimum absolute atomic E-state index is 0.0354. The number of aliphatic hydroxyl groups excluding tert-OH is 1. The number of nitrogens with zero attached hydrogens (tertiary/aromatic N) is 1. The summed E-state index contributed by atoms with van der Waals surface area (Å²) in [7, 11) is 0. The minimum atomic E-state index is -0.777. The molecule has 2 fully saturated rings. The molecule has 3 N–H and O–H groups in total. The van der Waals surface area contributed by atoms with E-state index in [4.69, 9.17) is 10.2 Å². The monoisotopic (exact) mass is 256 g/mol. The Bertz CT molecular complexity index is 330. The van der Waals surface area contributed by atoms with E-state index >= 15 is 0 Å². The van der Waals surface area contributed by atoms with Gasteiger partial charge in [-0.1, -0.05) is 0 Å². The molecule has 18 heavy (non-hydrogen) atoms. The molecule has 0 aromatic carbocycles. The largest absolute Gasteiger partial charge is 0.481 e. The van der Waals surface area contributed by atoms with Gasteiger partial charge in [0.1, 0.15) is 0 Å². The normalized spacial score (nSPS) is 26.9. The predicted octanol–water partition coefficient (Wildman–Crippen LogP) is 0.406. The molecular formula is C12H20N2O4. The van der Waals surface area contributed by atoms with Gasteiger partial charge in [0.2, 0.25) is 0 Å². The third-order valence-corrected chi connectivity index (χ3v) is 3.70. The lowest BCUT2D eigenvalue weighted by molar-refractivity contribution is -0.141. The van der Waals surface area contributed by atoms with Gasteiger partial charge in [0.05, 0.1) is 12.5 Å². The lowest BCUT2D eigenvalue weighted by Gasteiger charge is -2.24. The van der Waals surface area contributed by atoms with E-state index in [1.54, 1.807) is 4.90 Å². The zero-order chi connectivity index (χ0) is 13.1. The van der Waals surface area contributed by atoms with E-state index in [0.29, 0.717) is 19.4 Å². The molecule has 102 valence electrons. The first-order valence-electron chi connectivity index (χ1n) is 6.52. The van der Waals surface area contributed by atoms with Gasteiger partial charge in [-0.15, -0.1) is 0 Å². The van der Waals surface area contributed by atoms with Gasteiger partial charge in [0, 0.05) is 18.6 Å². The highest BCUT2D eigenvalue weighted by Gasteiger charge is 2.35. The van der Waals surface area contributed by atoms with Crippen molar-refractivity contribution in [3.8, 4) is 0 Å². The van der Waals surface area contributed by atoms with Crippen molar-refractivity contribution in [2.75, 3.05) is 13.2 Å². The van der Waals surface area contributed by atoms with Crippen LogP contribution in [0.3, 0.4) is 0 Å². The highest BCUT2D eigenvalue weighted by atomic mass is 16.4. The number of carboxylic acids is 1. The molecule has 0 spiro atoms. The summed E-state index contributed by atoms with van der Waals surface area (Å²) in [6, 6.07) is 0.0509. The quantitative estimate of drug-likeness (QED) is 0.664. The van der Waals surface area contributed by atoms with Gasteiger partial charge in [0.15, 0.2) is 0 Å². The molecule has 0 saturated heterocycles. The third-order valence-electron chi connectivity index (χ3n) is 3.70. The van der Waals surface area contributed by atoms with E-state index in [1.165, 1.54) is 0 Å². The molecular weight excluding hydrogens is 236 g/mol. The van der Waals surface area contributed by atoms with E-state index in [-0.39, 0.29) is 30.6 Å². The van der Waals surface area contributed by atoms with Crippen LogP contribution in [0.15, 0.2) is 0 Å². The van der Waals surface area contributed by atoms with Crippen molar-refractivity contribution in [3.63, 3.8) is 0 Å². The Labute approximate surface area is 106 Å². The zero-order valence-corrected chi connectivity index (χ0v) is 10.3. The molecule has 0 radical (unpaired) electrons. The van der Waals surface area contributed by atoms with Crippen LogP contribution in [0.1, 0.15) is 32.1 Å². The molecule has 2 rings (SSSR count). The highest BCUT2D eigenvalue weighted by molar-refractivity contribution is 5.76. The Morgan fingerprint density at radius 1 is 1.22 bits per heavy atom. The zero-order valence-electron chi connectivity index (χ0n) is 10.3. The SMILES string of the molecule is O=C(O)C1CCC(NC(=O)N(CCO)C2CC2)C1. The number of nitrogens with one attached hydrogen (secondary N) is 1. The first-order chi connectivity index (χ1) is 8.61. The minimum Gasteiger partial charge on any atom is -0.481 e. The van der Waals surface area contributed by atoms with Crippen molar-refractivity contribution in [3.05, 3.63) is 0 Å². The fourth-order valence-corrected chi connectivity index (χ4v) is 2.54. The Kier molecular flexibility index (Phi) is 4.06.